The zero-order valence-corrected chi connectivity index (χ0v) is 17.4. The summed E-state index contributed by atoms with van der Waals surface area (Å²) < 4.78 is 24.8. The van der Waals surface area contributed by atoms with Gasteiger partial charge in [-0.1, -0.05) is 12.1 Å². The van der Waals surface area contributed by atoms with E-state index < -0.39 is 0 Å². The second-order valence-corrected chi connectivity index (χ2v) is 7.89. The van der Waals surface area contributed by atoms with Crippen LogP contribution in [0, 0.1) is 5.82 Å². The number of benzene rings is 2. The minimum Gasteiger partial charge on any atom is -0.507 e. The van der Waals surface area contributed by atoms with Gasteiger partial charge in [-0.05, 0) is 30.3 Å². The van der Waals surface area contributed by atoms with Gasteiger partial charge in [0.1, 0.15) is 23.5 Å². The second kappa shape index (κ2) is 8.58. The fourth-order valence-electron chi connectivity index (χ4n) is 4.03. The highest BCUT2D eigenvalue weighted by Gasteiger charge is 2.28. The molecular formula is C23H23FN4O4. The first-order valence-electron chi connectivity index (χ1n) is 10.6. The number of halogens is 1. The maximum atomic E-state index is 14.0. The standard InChI is InChI=1S/C23H23FN4O4/c24-15-5-6-19-18(13-15)22(26-21(25-19)17-3-1-2-4-20(17)29)27-8-10-28(11-9-27)23(30)32-16-7-12-31-14-16/h1-6,13,16,29H,7-12,14H2. The molecule has 2 aliphatic rings. The molecule has 166 valence electrons. The molecule has 0 saturated carbocycles. The summed E-state index contributed by atoms with van der Waals surface area (Å²) in [7, 11) is 0. The smallest absolute Gasteiger partial charge is 0.410 e. The predicted octanol–water partition coefficient (Wildman–Crippen LogP) is 3.19. The molecule has 9 heteroatoms. The average Bonchev–Trinajstić information content (AvgIpc) is 3.32. The number of carbonyl (C=O) groups excluding carboxylic acids is 1. The molecule has 1 unspecified atom stereocenters. The first-order valence-corrected chi connectivity index (χ1v) is 10.6. The van der Waals surface area contributed by atoms with E-state index in [1.807, 2.05) is 4.90 Å². The number of anilines is 1. The molecule has 3 aromatic rings. The number of para-hydroxylation sites is 1. The van der Waals surface area contributed by atoms with E-state index in [0.29, 0.717) is 67.5 Å². The molecule has 1 atom stereocenters. The van der Waals surface area contributed by atoms with Crippen LogP contribution in [0.5, 0.6) is 5.75 Å². The summed E-state index contributed by atoms with van der Waals surface area (Å²) in [6, 6.07) is 11.2. The maximum absolute atomic E-state index is 14.0. The molecule has 0 bridgehead atoms. The van der Waals surface area contributed by atoms with E-state index >= 15 is 0 Å². The van der Waals surface area contributed by atoms with Crippen molar-refractivity contribution in [2.45, 2.75) is 12.5 Å². The average molecular weight is 438 g/mol. The number of nitrogens with zero attached hydrogens (tertiary/aromatic N) is 4. The van der Waals surface area contributed by atoms with Crippen molar-refractivity contribution in [1.82, 2.24) is 14.9 Å². The lowest BCUT2D eigenvalue weighted by Gasteiger charge is -2.35. The number of aromatic hydroxyl groups is 1. The number of phenols is 1. The molecule has 3 heterocycles. The summed E-state index contributed by atoms with van der Waals surface area (Å²) in [5.41, 5.74) is 1.08. The fraction of sp³-hybridized carbons (Fsp3) is 0.348. The quantitative estimate of drug-likeness (QED) is 0.672. The molecular weight excluding hydrogens is 415 g/mol. The Hall–Kier alpha value is -3.46. The van der Waals surface area contributed by atoms with Crippen LogP contribution in [0.25, 0.3) is 22.3 Å². The number of hydrogen-bond donors (Lipinski definition) is 1. The van der Waals surface area contributed by atoms with Crippen molar-refractivity contribution in [2.75, 3.05) is 44.3 Å². The molecule has 2 aliphatic heterocycles. The first-order chi connectivity index (χ1) is 15.6. The van der Waals surface area contributed by atoms with Gasteiger partial charge in [-0.2, -0.15) is 0 Å². The third-order valence-electron chi connectivity index (χ3n) is 5.78. The van der Waals surface area contributed by atoms with E-state index in [9.17, 15) is 14.3 Å². The van der Waals surface area contributed by atoms with Crippen molar-refractivity contribution in [3.63, 3.8) is 0 Å². The lowest BCUT2D eigenvalue weighted by atomic mass is 10.1. The number of aromatic nitrogens is 2. The van der Waals surface area contributed by atoms with Crippen LogP contribution in [0.2, 0.25) is 0 Å². The van der Waals surface area contributed by atoms with Crippen molar-refractivity contribution >= 4 is 22.8 Å². The van der Waals surface area contributed by atoms with Crippen molar-refractivity contribution < 1.29 is 23.8 Å². The van der Waals surface area contributed by atoms with E-state index in [4.69, 9.17) is 9.47 Å². The summed E-state index contributed by atoms with van der Waals surface area (Å²) in [6.07, 6.45) is 0.198. The van der Waals surface area contributed by atoms with Crippen molar-refractivity contribution in [3.8, 4) is 17.1 Å². The van der Waals surface area contributed by atoms with Gasteiger partial charge in [0.05, 0.1) is 24.3 Å². The Morgan fingerprint density at radius 3 is 2.69 bits per heavy atom. The Labute approximate surface area is 184 Å². The number of carbonyl (C=O) groups is 1. The molecule has 1 N–H and O–H groups in total. The van der Waals surface area contributed by atoms with Crippen LogP contribution in [0.15, 0.2) is 42.5 Å². The molecule has 0 radical (unpaired) electrons. The van der Waals surface area contributed by atoms with Gasteiger partial charge < -0.3 is 24.4 Å². The Bertz CT molecular complexity index is 1140. The van der Waals surface area contributed by atoms with Gasteiger partial charge in [-0.25, -0.2) is 19.2 Å². The number of phenolic OH excluding ortho intramolecular Hbond substituents is 1. The molecule has 8 nitrogen and oxygen atoms in total. The molecule has 5 rings (SSSR count). The van der Waals surface area contributed by atoms with Crippen LogP contribution in [0.3, 0.4) is 0 Å². The minimum absolute atomic E-state index is 0.0726. The van der Waals surface area contributed by atoms with E-state index in [2.05, 4.69) is 9.97 Å². The molecule has 2 aromatic carbocycles. The van der Waals surface area contributed by atoms with Crippen molar-refractivity contribution in [1.29, 1.82) is 0 Å². The van der Waals surface area contributed by atoms with Crippen LogP contribution in [-0.2, 0) is 9.47 Å². The van der Waals surface area contributed by atoms with Gasteiger partial charge >= 0.3 is 6.09 Å². The summed E-state index contributed by atoms with van der Waals surface area (Å²) in [5, 5.41) is 10.9. The van der Waals surface area contributed by atoms with Gasteiger partial charge in [0.2, 0.25) is 0 Å². The monoisotopic (exact) mass is 438 g/mol. The van der Waals surface area contributed by atoms with E-state index in [0.717, 1.165) is 6.42 Å². The lowest BCUT2D eigenvalue weighted by molar-refractivity contribution is 0.0534. The van der Waals surface area contributed by atoms with Crippen molar-refractivity contribution in [2.24, 2.45) is 0 Å². The summed E-state index contributed by atoms with van der Waals surface area (Å²) in [4.78, 5) is 25.4. The Morgan fingerprint density at radius 2 is 1.94 bits per heavy atom. The third-order valence-corrected chi connectivity index (χ3v) is 5.78. The molecule has 32 heavy (non-hydrogen) atoms. The number of rotatable bonds is 3. The molecule has 2 fully saturated rings. The third kappa shape index (κ3) is 4.03. The van der Waals surface area contributed by atoms with Crippen molar-refractivity contribution in [3.05, 3.63) is 48.3 Å². The van der Waals surface area contributed by atoms with Gasteiger partial charge in [0.25, 0.3) is 0 Å². The van der Waals surface area contributed by atoms with Gasteiger partial charge in [-0.3, -0.25) is 0 Å². The van der Waals surface area contributed by atoms with Crippen LogP contribution in [0.4, 0.5) is 15.0 Å². The number of fused-ring (bicyclic) bond motifs is 1. The summed E-state index contributed by atoms with van der Waals surface area (Å²) >= 11 is 0. The SMILES string of the molecule is O=C(OC1CCOC1)N1CCN(c2nc(-c3ccccc3O)nc3ccc(F)cc23)CC1. The minimum atomic E-state index is -0.376. The van der Waals surface area contributed by atoms with Gasteiger partial charge in [0, 0.05) is 38.0 Å². The molecule has 0 spiro atoms. The molecule has 1 amide bonds. The van der Waals surface area contributed by atoms with E-state index in [1.54, 1.807) is 35.2 Å². The first kappa shape index (κ1) is 20.4. The van der Waals surface area contributed by atoms with Gasteiger partial charge in [-0.15, -0.1) is 0 Å². The topological polar surface area (TPSA) is 88.0 Å². The fourth-order valence-corrected chi connectivity index (χ4v) is 4.03. The Balaban J connectivity index is 1.41. The van der Waals surface area contributed by atoms with Crippen LogP contribution in [-0.4, -0.2) is 71.6 Å². The number of piperazine rings is 1. The normalized spacial score (nSPS) is 18.8. The largest absolute Gasteiger partial charge is 0.507 e. The molecule has 0 aliphatic carbocycles. The Kier molecular flexibility index (Phi) is 5.48. The number of ether oxygens (including phenoxy) is 2. The lowest BCUT2D eigenvalue weighted by Crippen LogP contribution is -2.49. The number of hydrogen-bond acceptors (Lipinski definition) is 7. The van der Waals surface area contributed by atoms with Crippen LogP contribution in [0.1, 0.15) is 6.42 Å². The van der Waals surface area contributed by atoms with Gasteiger partial charge in [0.15, 0.2) is 5.82 Å². The van der Waals surface area contributed by atoms with E-state index in [1.165, 1.54) is 12.1 Å². The zero-order chi connectivity index (χ0) is 22.1. The summed E-state index contributed by atoms with van der Waals surface area (Å²) in [5.74, 6) is 0.632. The highest BCUT2D eigenvalue weighted by atomic mass is 19.1. The maximum Gasteiger partial charge on any atom is 0.410 e. The molecule has 2 saturated heterocycles. The highest BCUT2D eigenvalue weighted by molar-refractivity contribution is 5.91. The summed E-state index contributed by atoms with van der Waals surface area (Å²) in [6.45, 7) is 3.00. The predicted molar refractivity (Wildman–Crippen MR) is 116 cm³/mol. The highest BCUT2D eigenvalue weighted by Crippen LogP contribution is 2.32. The van der Waals surface area contributed by atoms with Crippen LogP contribution < -0.4 is 4.90 Å². The second-order valence-electron chi connectivity index (χ2n) is 7.89. The van der Waals surface area contributed by atoms with E-state index in [-0.39, 0.29) is 23.8 Å². The molecule has 1 aromatic heterocycles. The Morgan fingerprint density at radius 1 is 1.12 bits per heavy atom. The number of amides is 1. The zero-order valence-electron chi connectivity index (χ0n) is 17.4. The van der Waals surface area contributed by atoms with Crippen LogP contribution >= 0.6 is 0 Å².